The molecule has 1 atom stereocenters. The quantitative estimate of drug-likeness (QED) is 0.505. The zero-order chi connectivity index (χ0) is 15.6. The van der Waals surface area contributed by atoms with Crippen molar-refractivity contribution in [2.45, 2.75) is 26.3 Å². The molecule has 5 nitrogen and oxygen atoms in total. The summed E-state index contributed by atoms with van der Waals surface area (Å²) in [6, 6.07) is 8.35. The Bertz CT molecular complexity index is 633. The highest BCUT2D eigenvalue weighted by Crippen LogP contribution is 2.26. The number of thiophene rings is 1. The fourth-order valence-electron chi connectivity index (χ4n) is 2.14. The Morgan fingerprint density at radius 2 is 2.00 bits per heavy atom. The van der Waals surface area contributed by atoms with Crippen LogP contribution in [0.5, 0.6) is 0 Å². The summed E-state index contributed by atoms with van der Waals surface area (Å²) in [7, 11) is 0. The Morgan fingerprint density at radius 3 is 2.57 bits per heavy atom. The summed E-state index contributed by atoms with van der Waals surface area (Å²) in [5.41, 5.74) is 0. The molecule has 3 N–H and O–H groups in total. The van der Waals surface area contributed by atoms with Crippen LogP contribution in [-0.2, 0) is 4.79 Å². The molecule has 0 bridgehead atoms. The highest BCUT2D eigenvalue weighted by atomic mass is 32.1. The molecular weight excluding hydrogens is 288 g/mol. The molecule has 0 saturated carbocycles. The fourth-order valence-corrected chi connectivity index (χ4v) is 3.14. The van der Waals surface area contributed by atoms with Gasteiger partial charge in [0.15, 0.2) is 0 Å². The molecule has 1 aromatic heterocycles. The predicted molar refractivity (Wildman–Crippen MR) is 83.1 cm³/mol. The number of benzene rings is 1. The third kappa shape index (κ3) is 3.40. The van der Waals surface area contributed by atoms with Crippen molar-refractivity contribution in [3.05, 3.63) is 35.2 Å². The van der Waals surface area contributed by atoms with Gasteiger partial charge in [-0.15, -0.1) is 11.3 Å². The molecule has 1 heterocycles. The van der Waals surface area contributed by atoms with Gasteiger partial charge in [0.05, 0.1) is 4.88 Å². The molecule has 6 heteroatoms. The Balaban J connectivity index is 2.26. The lowest BCUT2D eigenvalue weighted by molar-refractivity contribution is -0.143. The number of amides is 1. The Labute approximate surface area is 126 Å². The number of hydrazine groups is 1. The summed E-state index contributed by atoms with van der Waals surface area (Å²) in [4.78, 5) is 24.2. The summed E-state index contributed by atoms with van der Waals surface area (Å²) in [5, 5.41) is 11.1. The third-order valence-electron chi connectivity index (χ3n) is 3.19. The van der Waals surface area contributed by atoms with Crippen molar-refractivity contribution in [2.24, 2.45) is 11.8 Å². The maximum atomic E-state index is 12.4. The lowest BCUT2D eigenvalue weighted by Crippen LogP contribution is -2.50. The van der Waals surface area contributed by atoms with Gasteiger partial charge < -0.3 is 5.11 Å². The van der Waals surface area contributed by atoms with Gasteiger partial charge in [-0.25, -0.2) is 10.6 Å². The van der Waals surface area contributed by atoms with Crippen molar-refractivity contribution in [3.8, 4) is 0 Å². The number of carbonyl (C=O) groups is 2. The number of carbonyl (C=O) groups excluding carboxylic acids is 1. The van der Waals surface area contributed by atoms with Crippen molar-refractivity contribution in [3.63, 3.8) is 0 Å². The van der Waals surface area contributed by atoms with E-state index in [-0.39, 0.29) is 5.92 Å². The summed E-state index contributed by atoms with van der Waals surface area (Å²) in [5.74, 6) is 4.37. The zero-order valence-corrected chi connectivity index (χ0v) is 12.8. The van der Waals surface area contributed by atoms with E-state index in [4.69, 9.17) is 5.84 Å². The molecule has 0 radical (unpaired) electrons. The average molecular weight is 306 g/mol. The Hall–Kier alpha value is -1.92. The number of rotatable bonds is 5. The number of carboxylic acids is 1. The van der Waals surface area contributed by atoms with E-state index in [0.717, 1.165) is 15.1 Å². The number of nitrogens with zero attached hydrogens (tertiary/aromatic N) is 1. The first-order valence-corrected chi connectivity index (χ1v) is 7.51. The Morgan fingerprint density at radius 1 is 1.33 bits per heavy atom. The first kappa shape index (κ1) is 15.5. The molecule has 0 aliphatic heterocycles. The molecule has 0 saturated heterocycles. The van der Waals surface area contributed by atoms with E-state index in [2.05, 4.69) is 0 Å². The molecule has 2 aromatic rings. The lowest BCUT2D eigenvalue weighted by Gasteiger charge is -2.24. The van der Waals surface area contributed by atoms with Crippen molar-refractivity contribution in [1.29, 1.82) is 0 Å². The van der Waals surface area contributed by atoms with Crippen LogP contribution in [-0.4, -0.2) is 28.0 Å². The first-order chi connectivity index (χ1) is 9.90. The molecule has 0 unspecified atom stereocenters. The topological polar surface area (TPSA) is 83.6 Å². The van der Waals surface area contributed by atoms with Crippen LogP contribution in [0.25, 0.3) is 10.1 Å². The van der Waals surface area contributed by atoms with Crippen LogP contribution in [0.2, 0.25) is 0 Å². The number of nitrogens with two attached hydrogens (primary N) is 1. The Kier molecular flexibility index (Phi) is 4.59. The summed E-state index contributed by atoms with van der Waals surface area (Å²) in [6.45, 7) is 3.79. The van der Waals surface area contributed by atoms with Gasteiger partial charge in [0, 0.05) is 4.70 Å². The van der Waals surface area contributed by atoms with Crippen LogP contribution in [0.3, 0.4) is 0 Å². The van der Waals surface area contributed by atoms with Gasteiger partial charge in [0.1, 0.15) is 6.04 Å². The van der Waals surface area contributed by atoms with E-state index in [1.54, 1.807) is 6.07 Å². The van der Waals surface area contributed by atoms with Crippen molar-refractivity contribution in [2.75, 3.05) is 0 Å². The second kappa shape index (κ2) is 6.24. The van der Waals surface area contributed by atoms with E-state index in [1.807, 2.05) is 38.1 Å². The zero-order valence-electron chi connectivity index (χ0n) is 11.9. The van der Waals surface area contributed by atoms with E-state index < -0.39 is 17.9 Å². The van der Waals surface area contributed by atoms with E-state index in [9.17, 15) is 14.7 Å². The molecule has 2 rings (SSSR count). The van der Waals surface area contributed by atoms with Crippen LogP contribution >= 0.6 is 11.3 Å². The second-order valence-corrected chi connectivity index (χ2v) is 6.43. The minimum atomic E-state index is -1.08. The molecular formula is C15H18N2O3S. The number of hydrogen-bond acceptors (Lipinski definition) is 4. The predicted octanol–water partition coefficient (Wildman–Crippen LogP) is 2.72. The number of carboxylic acid groups (broad SMARTS) is 1. The highest BCUT2D eigenvalue weighted by molar-refractivity contribution is 7.20. The van der Waals surface area contributed by atoms with Crippen LogP contribution in [0, 0.1) is 5.92 Å². The van der Waals surface area contributed by atoms with Gasteiger partial charge in [-0.1, -0.05) is 32.0 Å². The third-order valence-corrected chi connectivity index (χ3v) is 4.29. The molecule has 0 fully saturated rings. The first-order valence-electron chi connectivity index (χ1n) is 6.69. The smallest absolute Gasteiger partial charge is 0.328 e. The van der Waals surface area contributed by atoms with Crippen molar-refractivity contribution >= 4 is 33.3 Å². The molecule has 1 aromatic carbocycles. The summed E-state index contributed by atoms with van der Waals surface area (Å²) in [6.07, 6.45) is 0.322. The SMILES string of the molecule is CC(C)C[C@@H](C(=O)O)N(N)C(=O)c1cc2ccccc2s1. The molecule has 21 heavy (non-hydrogen) atoms. The van der Waals surface area contributed by atoms with Crippen LogP contribution < -0.4 is 5.84 Å². The molecule has 112 valence electrons. The largest absolute Gasteiger partial charge is 0.480 e. The number of aliphatic carboxylic acids is 1. The average Bonchev–Trinajstić information content (AvgIpc) is 2.86. The van der Waals surface area contributed by atoms with Crippen molar-refractivity contribution < 1.29 is 14.7 Å². The van der Waals surface area contributed by atoms with Crippen LogP contribution in [0.4, 0.5) is 0 Å². The normalized spacial score (nSPS) is 12.6. The molecule has 1 amide bonds. The number of fused-ring (bicyclic) bond motifs is 1. The van der Waals surface area contributed by atoms with Gasteiger partial charge >= 0.3 is 5.97 Å². The van der Waals surface area contributed by atoms with Gasteiger partial charge in [0.2, 0.25) is 0 Å². The second-order valence-electron chi connectivity index (χ2n) is 5.34. The van der Waals surface area contributed by atoms with Gasteiger partial charge in [0.25, 0.3) is 5.91 Å². The van der Waals surface area contributed by atoms with Crippen molar-refractivity contribution in [1.82, 2.24) is 5.01 Å². The molecule has 0 aliphatic rings. The lowest BCUT2D eigenvalue weighted by atomic mass is 10.0. The van der Waals surface area contributed by atoms with Gasteiger partial charge in [-0.3, -0.25) is 9.80 Å². The molecule has 0 spiro atoms. The molecule has 0 aliphatic carbocycles. The minimum absolute atomic E-state index is 0.132. The van der Waals surface area contributed by atoms with Gasteiger partial charge in [-0.2, -0.15) is 0 Å². The fraction of sp³-hybridized carbons (Fsp3) is 0.333. The summed E-state index contributed by atoms with van der Waals surface area (Å²) < 4.78 is 0.977. The maximum Gasteiger partial charge on any atom is 0.328 e. The minimum Gasteiger partial charge on any atom is -0.480 e. The van der Waals surface area contributed by atoms with E-state index in [1.165, 1.54) is 11.3 Å². The van der Waals surface area contributed by atoms with Crippen LogP contribution in [0.1, 0.15) is 29.9 Å². The monoisotopic (exact) mass is 306 g/mol. The number of hydrogen-bond donors (Lipinski definition) is 2. The van der Waals surface area contributed by atoms with Crippen LogP contribution in [0.15, 0.2) is 30.3 Å². The maximum absolute atomic E-state index is 12.4. The summed E-state index contributed by atoms with van der Waals surface area (Å²) >= 11 is 1.32. The van der Waals surface area contributed by atoms with Gasteiger partial charge in [-0.05, 0) is 29.9 Å². The van der Waals surface area contributed by atoms with E-state index >= 15 is 0 Å². The highest BCUT2D eigenvalue weighted by Gasteiger charge is 2.29. The van der Waals surface area contributed by atoms with E-state index in [0.29, 0.717) is 11.3 Å². The standard InChI is InChI=1S/C15H18N2O3S/c1-9(2)7-11(15(19)20)17(16)14(18)13-8-10-5-3-4-6-12(10)21-13/h3-6,8-9,11H,7,16H2,1-2H3,(H,19,20)/t11-/m0/s1.